The Labute approximate surface area is 136 Å². The van der Waals surface area contributed by atoms with Crippen LogP contribution in [-0.4, -0.2) is 13.0 Å². The smallest absolute Gasteiger partial charge is 0.252 e. The Balaban J connectivity index is 2.02. The Morgan fingerprint density at radius 2 is 1.91 bits per heavy atom. The highest BCUT2D eigenvalue weighted by molar-refractivity contribution is 6.01. The zero-order valence-electron chi connectivity index (χ0n) is 13.3. The summed E-state index contributed by atoms with van der Waals surface area (Å²) in [5.74, 6) is 0.745. The number of hydrogen-bond acceptors (Lipinski definition) is 2. The molecule has 1 N–H and O–H groups in total. The molecule has 3 heteroatoms. The van der Waals surface area contributed by atoms with Crippen molar-refractivity contribution in [1.82, 2.24) is 5.32 Å². The van der Waals surface area contributed by atoms with Crippen molar-refractivity contribution in [3.63, 3.8) is 0 Å². The Bertz CT molecular complexity index is 841. The summed E-state index contributed by atoms with van der Waals surface area (Å²) in [6.07, 6.45) is 2.76. The summed E-state index contributed by atoms with van der Waals surface area (Å²) in [5, 5.41) is 3.25. The molecule has 0 fully saturated rings. The third-order valence-electron chi connectivity index (χ3n) is 5.34. The highest BCUT2D eigenvalue weighted by atomic mass is 16.5. The maximum absolute atomic E-state index is 12.6. The van der Waals surface area contributed by atoms with E-state index < -0.39 is 5.54 Å². The van der Waals surface area contributed by atoms with Crippen LogP contribution in [0.1, 0.15) is 40.4 Å². The monoisotopic (exact) mass is 305 g/mol. The molecule has 0 radical (unpaired) electrons. The lowest BCUT2D eigenvalue weighted by atomic mass is 9.80. The third kappa shape index (κ3) is 1.68. The van der Waals surface area contributed by atoms with Gasteiger partial charge in [0.2, 0.25) is 0 Å². The molecule has 3 nitrogen and oxygen atoms in total. The number of benzene rings is 2. The molecule has 0 bridgehead atoms. The van der Waals surface area contributed by atoms with Gasteiger partial charge in [-0.1, -0.05) is 37.3 Å². The summed E-state index contributed by atoms with van der Waals surface area (Å²) < 4.78 is 5.38. The molecule has 1 aliphatic carbocycles. The largest absolute Gasteiger partial charge is 0.497 e. The van der Waals surface area contributed by atoms with Crippen LogP contribution in [0.15, 0.2) is 55.1 Å². The summed E-state index contributed by atoms with van der Waals surface area (Å²) in [6.45, 7) is 6.22. The fraction of sp³-hybridized carbons (Fsp3) is 0.250. The minimum atomic E-state index is -0.500. The number of hydrogen-bond donors (Lipinski definition) is 1. The van der Waals surface area contributed by atoms with Crippen LogP contribution in [-0.2, 0) is 11.0 Å². The lowest BCUT2D eigenvalue weighted by Crippen LogP contribution is -2.39. The van der Waals surface area contributed by atoms with E-state index in [9.17, 15) is 4.79 Å². The zero-order valence-corrected chi connectivity index (χ0v) is 13.3. The normalized spacial score (nSPS) is 27.5. The Morgan fingerprint density at radius 1 is 1.17 bits per heavy atom. The summed E-state index contributed by atoms with van der Waals surface area (Å²) >= 11 is 0. The van der Waals surface area contributed by atoms with Gasteiger partial charge in [0, 0.05) is 11.0 Å². The first-order valence-corrected chi connectivity index (χ1v) is 7.79. The second-order valence-corrected chi connectivity index (χ2v) is 6.61. The lowest BCUT2D eigenvalue weighted by molar-refractivity contribution is 0.0938. The highest BCUT2D eigenvalue weighted by Crippen LogP contribution is 2.55. The fourth-order valence-corrected chi connectivity index (χ4v) is 4.16. The number of nitrogens with one attached hydrogen (secondary N) is 1. The molecule has 2 atom stereocenters. The van der Waals surface area contributed by atoms with Crippen molar-refractivity contribution in [2.75, 3.05) is 7.11 Å². The van der Waals surface area contributed by atoms with Gasteiger partial charge in [-0.05, 0) is 41.3 Å². The molecule has 0 saturated heterocycles. The maximum Gasteiger partial charge on any atom is 0.252 e. The van der Waals surface area contributed by atoms with Crippen LogP contribution in [0.5, 0.6) is 5.75 Å². The predicted molar refractivity (Wildman–Crippen MR) is 89.8 cm³/mol. The number of ether oxygens (including phenoxy) is 1. The quantitative estimate of drug-likeness (QED) is 0.862. The van der Waals surface area contributed by atoms with Crippen molar-refractivity contribution in [3.05, 3.63) is 77.4 Å². The van der Waals surface area contributed by atoms with E-state index in [2.05, 4.69) is 31.0 Å². The molecule has 1 amide bonds. The van der Waals surface area contributed by atoms with Crippen LogP contribution >= 0.6 is 0 Å². The average molecular weight is 305 g/mol. The van der Waals surface area contributed by atoms with E-state index in [-0.39, 0.29) is 11.3 Å². The Hall–Kier alpha value is -2.55. The number of carbonyl (C=O) groups is 1. The van der Waals surface area contributed by atoms with Gasteiger partial charge in [-0.25, -0.2) is 0 Å². The highest BCUT2D eigenvalue weighted by Gasteiger charge is 2.54. The molecule has 1 heterocycles. The van der Waals surface area contributed by atoms with Crippen LogP contribution < -0.4 is 10.1 Å². The second-order valence-electron chi connectivity index (χ2n) is 6.61. The predicted octanol–water partition coefficient (Wildman–Crippen LogP) is 3.53. The van der Waals surface area contributed by atoms with Crippen LogP contribution in [0.4, 0.5) is 0 Å². The molecule has 0 aromatic heterocycles. The first-order chi connectivity index (χ1) is 11.0. The zero-order chi connectivity index (χ0) is 16.2. The SMILES string of the molecule is C=C[C@@]1(C)C[C@@]2(NC(=O)c3ccc(OC)cc32)c2ccccc21. The fourth-order valence-electron chi connectivity index (χ4n) is 4.16. The number of allylic oxidation sites excluding steroid dienone is 1. The van der Waals surface area contributed by atoms with Gasteiger partial charge in [-0.15, -0.1) is 6.58 Å². The van der Waals surface area contributed by atoms with Gasteiger partial charge in [-0.2, -0.15) is 0 Å². The minimum Gasteiger partial charge on any atom is -0.497 e. The van der Waals surface area contributed by atoms with Gasteiger partial charge in [0.1, 0.15) is 5.75 Å². The van der Waals surface area contributed by atoms with Crippen molar-refractivity contribution in [2.45, 2.75) is 24.3 Å². The first kappa shape index (κ1) is 14.1. The van der Waals surface area contributed by atoms with Gasteiger partial charge in [0.25, 0.3) is 5.91 Å². The summed E-state index contributed by atoms with van der Waals surface area (Å²) in [7, 11) is 1.65. The molecule has 1 spiro atoms. The number of carbonyl (C=O) groups excluding carboxylic acids is 1. The topological polar surface area (TPSA) is 38.3 Å². The van der Waals surface area contributed by atoms with Crippen molar-refractivity contribution in [1.29, 1.82) is 0 Å². The number of methoxy groups -OCH3 is 1. The van der Waals surface area contributed by atoms with Gasteiger partial charge in [0.15, 0.2) is 0 Å². The number of amides is 1. The van der Waals surface area contributed by atoms with Gasteiger partial charge < -0.3 is 10.1 Å². The van der Waals surface area contributed by atoms with Crippen LogP contribution in [0.3, 0.4) is 0 Å². The standard InChI is InChI=1S/C20H19NO2/c1-4-19(2)12-20(16-8-6-5-7-15(16)19)17-11-13(23-3)9-10-14(17)18(22)21-20/h4-11H,1,12H2,2-3H3,(H,21,22)/t19-,20+/m0/s1. The Morgan fingerprint density at radius 3 is 2.61 bits per heavy atom. The van der Waals surface area contributed by atoms with E-state index in [0.717, 1.165) is 28.9 Å². The van der Waals surface area contributed by atoms with Crippen molar-refractivity contribution < 1.29 is 9.53 Å². The van der Waals surface area contributed by atoms with Crippen molar-refractivity contribution in [3.8, 4) is 5.75 Å². The third-order valence-corrected chi connectivity index (χ3v) is 5.34. The first-order valence-electron chi connectivity index (χ1n) is 7.79. The molecule has 23 heavy (non-hydrogen) atoms. The van der Waals surface area contributed by atoms with E-state index in [1.165, 1.54) is 5.56 Å². The summed E-state index contributed by atoms with van der Waals surface area (Å²) in [4.78, 5) is 12.6. The van der Waals surface area contributed by atoms with E-state index in [1.54, 1.807) is 7.11 Å². The minimum absolute atomic E-state index is 0.0224. The van der Waals surface area contributed by atoms with Gasteiger partial charge >= 0.3 is 0 Å². The summed E-state index contributed by atoms with van der Waals surface area (Å²) in [6, 6.07) is 14.0. The van der Waals surface area contributed by atoms with Gasteiger partial charge in [0.05, 0.1) is 12.6 Å². The average Bonchev–Trinajstić information content (AvgIpc) is 3.01. The van der Waals surface area contributed by atoms with Gasteiger partial charge in [-0.3, -0.25) is 4.79 Å². The number of fused-ring (bicyclic) bond motifs is 4. The van der Waals surface area contributed by atoms with Crippen LogP contribution in [0.25, 0.3) is 0 Å². The van der Waals surface area contributed by atoms with Crippen LogP contribution in [0.2, 0.25) is 0 Å². The molecule has 2 aliphatic rings. The molecule has 1 aliphatic heterocycles. The molecule has 4 rings (SSSR count). The molecular weight excluding hydrogens is 286 g/mol. The Kier molecular flexibility index (Phi) is 2.74. The number of rotatable bonds is 2. The molecule has 116 valence electrons. The lowest BCUT2D eigenvalue weighted by Gasteiger charge is -2.29. The molecule has 2 aromatic rings. The van der Waals surface area contributed by atoms with E-state index >= 15 is 0 Å². The van der Waals surface area contributed by atoms with Crippen molar-refractivity contribution in [2.24, 2.45) is 0 Å². The van der Waals surface area contributed by atoms with E-state index in [1.807, 2.05) is 36.4 Å². The van der Waals surface area contributed by atoms with E-state index in [0.29, 0.717) is 0 Å². The van der Waals surface area contributed by atoms with E-state index in [4.69, 9.17) is 4.74 Å². The molecule has 2 aromatic carbocycles. The second kappa shape index (κ2) is 4.48. The molecule has 0 saturated carbocycles. The maximum atomic E-state index is 12.6. The summed E-state index contributed by atoms with van der Waals surface area (Å²) in [5.41, 5.74) is 3.44. The molecule has 0 unspecified atom stereocenters. The van der Waals surface area contributed by atoms with Crippen LogP contribution in [0, 0.1) is 0 Å². The van der Waals surface area contributed by atoms with Crippen molar-refractivity contribution >= 4 is 5.91 Å². The molecular formula is C20H19NO2.